The minimum absolute atomic E-state index is 0.101. The summed E-state index contributed by atoms with van der Waals surface area (Å²) in [4.78, 5) is 11.3. The van der Waals surface area contributed by atoms with Crippen molar-refractivity contribution in [1.29, 1.82) is 0 Å². The van der Waals surface area contributed by atoms with Crippen molar-refractivity contribution in [1.82, 2.24) is 0 Å². The second kappa shape index (κ2) is 6.88. The first-order valence-corrected chi connectivity index (χ1v) is 9.50. The molecule has 2 unspecified atom stereocenters. The first-order chi connectivity index (χ1) is 14.5. The van der Waals surface area contributed by atoms with Crippen molar-refractivity contribution in [3.63, 3.8) is 0 Å². The van der Waals surface area contributed by atoms with Crippen molar-refractivity contribution in [2.24, 2.45) is 11.0 Å². The Kier molecular flexibility index (Phi) is 4.17. The highest BCUT2D eigenvalue weighted by Gasteiger charge is 2.43. The van der Waals surface area contributed by atoms with Gasteiger partial charge in [-0.25, -0.2) is 9.18 Å². The highest BCUT2D eigenvalue weighted by atomic mass is 19.1. The van der Waals surface area contributed by atoms with Gasteiger partial charge in [0.15, 0.2) is 0 Å². The van der Waals surface area contributed by atoms with E-state index in [1.165, 1.54) is 18.2 Å². The molecule has 0 bridgehead atoms. The van der Waals surface area contributed by atoms with Gasteiger partial charge in [-0.05, 0) is 60.2 Å². The van der Waals surface area contributed by atoms with E-state index in [-0.39, 0.29) is 23.3 Å². The van der Waals surface area contributed by atoms with Gasteiger partial charge < -0.3 is 15.6 Å². The summed E-state index contributed by atoms with van der Waals surface area (Å²) >= 11 is 0. The third kappa shape index (κ3) is 2.95. The molecule has 2 aliphatic rings. The Morgan fingerprint density at radius 1 is 1.10 bits per heavy atom. The van der Waals surface area contributed by atoms with Gasteiger partial charge in [0.05, 0.1) is 35.5 Å². The van der Waals surface area contributed by atoms with E-state index < -0.39 is 5.97 Å². The average Bonchev–Trinajstić information content (AvgIpc) is 3.14. The van der Waals surface area contributed by atoms with Crippen LogP contribution in [0.15, 0.2) is 71.8 Å². The molecule has 0 saturated carbocycles. The number of aromatic carboxylic acids is 1. The number of carbonyl (C=O) groups is 1. The van der Waals surface area contributed by atoms with Crippen molar-refractivity contribution in [3.05, 3.63) is 89.2 Å². The minimum atomic E-state index is -1.01. The van der Waals surface area contributed by atoms with Crippen LogP contribution in [0, 0.1) is 11.7 Å². The van der Waals surface area contributed by atoms with Crippen molar-refractivity contribution in [2.75, 3.05) is 17.3 Å². The van der Waals surface area contributed by atoms with Gasteiger partial charge in [-0.1, -0.05) is 12.1 Å². The topological polar surface area (TPSA) is 88.2 Å². The summed E-state index contributed by atoms with van der Waals surface area (Å²) in [7, 11) is 0. The molecule has 7 heteroatoms. The van der Waals surface area contributed by atoms with E-state index in [0.717, 1.165) is 22.5 Å². The number of anilines is 2. The number of ether oxygens (including phenoxy) is 1. The lowest BCUT2D eigenvalue weighted by molar-refractivity contribution is 0.0696. The molecule has 6 nitrogen and oxygen atoms in total. The summed E-state index contributed by atoms with van der Waals surface area (Å²) in [5.74, 6) is -0.911. The lowest BCUT2D eigenvalue weighted by Gasteiger charge is -2.30. The highest BCUT2D eigenvalue weighted by Crippen LogP contribution is 2.44. The summed E-state index contributed by atoms with van der Waals surface area (Å²) in [5.41, 5.74) is 10.00. The second-order valence-electron chi connectivity index (χ2n) is 7.35. The molecular weight excluding hydrogens is 385 g/mol. The number of rotatable bonds is 3. The normalized spacial score (nSPS) is 19.5. The van der Waals surface area contributed by atoms with Gasteiger partial charge in [0.2, 0.25) is 0 Å². The zero-order chi connectivity index (χ0) is 20.8. The third-order valence-corrected chi connectivity index (χ3v) is 5.50. The fraction of sp³-hybridized carbons (Fsp3) is 0.130. The molecule has 0 saturated heterocycles. The Morgan fingerprint density at radius 2 is 1.83 bits per heavy atom. The summed E-state index contributed by atoms with van der Waals surface area (Å²) in [6, 6.07) is 18.4. The number of nitrogens with zero attached hydrogens (tertiary/aromatic N) is 2. The molecule has 3 N–H and O–H groups in total. The first-order valence-electron chi connectivity index (χ1n) is 9.50. The van der Waals surface area contributed by atoms with Crippen LogP contribution in [0.2, 0.25) is 0 Å². The Balaban J connectivity index is 1.62. The Hall–Kier alpha value is -3.87. The smallest absolute Gasteiger partial charge is 0.335 e. The van der Waals surface area contributed by atoms with Gasteiger partial charge in [-0.15, -0.1) is 0 Å². The second-order valence-corrected chi connectivity index (χ2v) is 7.35. The molecule has 0 aliphatic carbocycles. The van der Waals surface area contributed by atoms with Gasteiger partial charge in [-0.3, -0.25) is 5.01 Å². The van der Waals surface area contributed by atoms with Crippen LogP contribution in [0.4, 0.5) is 15.8 Å². The van der Waals surface area contributed by atoms with Crippen LogP contribution in [0.3, 0.4) is 0 Å². The van der Waals surface area contributed by atoms with E-state index in [4.69, 9.17) is 15.6 Å². The summed E-state index contributed by atoms with van der Waals surface area (Å²) in [6.45, 7) is 0.336. The van der Waals surface area contributed by atoms with E-state index in [0.29, 0.717) is 18.0 Å². The number of halogens is 1. The predicted octanol–water partition coefficient (Wildman–Crippen LogP) is 4.08. The van der Waals surface area contributed by atoms with E-state index in [1.54, 1.807) is 24.3 Å². The molecule has 0 aromatic heterocycles. The fourth-order valence-corrected chi connectivity index (χ4v) is 4.04. The van der Waals surface area contributed by atoms with Crippen LogP contribution < -0.4 is 15.5 Å². The standard InChI is InChI=1S/C23H18FN3O3/c24-15-4-1-13(2-5-15)22-19-12-30-20-11-14(23(28)29)3-10-18(20)21(19)26-27(22)17-8-6-16(25)7-9-17/h1-11,19,22H,12,25H2,(H,28,29). The molecule has 3 aromatic carbocycles. The molecule has 0 fully saturated rings. The molecule has 3 aromatic rings. The first kappa shape index (κ1) is 18.2. The quantitative estimate of drug-likeness (QED) is 0.644. The van der Waals surface area contributed by atoms with Crippen LogP contribution in [0.25, 0.3) is 0 Å². The van der Waals surface area contributed by atoms with Gasteiger partial charge in [-0.2, -0.15) is 5.10 Å². The summed E-state index contributed by atoms with van der Waals surface area (Å²) in [5, 5.41) is 16.1. The molecule has 5 rings (SSSR count). The number of nitrogens with two attached hydrogens (primary N) is 1. The number of nitrogen functional groups attached to an aromatic ring is 1. The van der Waals surface area contributed by atoms with Crippen LogP contribution in [-0.4, -0.2) is 23.4 Å². The van der Waals surface area contributed by atoms with Gasteiger partial charge >= 0.3 is 5.97 Å². The number of hydrogen-bond acceptors (Lipinski definition) is 5. The number of hydrogen-bond donors (Lipinski definition) is 2. The Bertz CT molecular complexity index is 1160. The molecule has 2 atom stereocenters. The zero-order valence-electron chi connectivity index (χ0n) is 15.8. The van der Waals surface area contributed by atoms with E-state index in [1.807, 2.05) is 29.3 Å². The maximum atomic E-state index is 13.5. The number of hydrazone groups is 1. The SMILES string of the molecule is Nc1ccc(N2N=C3c4ccc(C(=O)O)cc4OCC3C2c2ccc(F)cc2)cc1. The number of fused-ring (bicyclic) bond motifs is 3. The molecule has 2 aliphatic heterocycles. The third-order valence-electron chi connectivity index (χ3n) is 5.50. The molecule has 2 heterocycles. The van der Waals surface area contributed by atoms with Crippen molar-refractivity contribution in [3.8, 4) is 5.75 Å². The lowest BCUT2D eigenvalue weighted by atomic mass is 9.85. The predicted molar refractivity (Wildman–Crippen MR) is 111 cm³/mol. The maximum absolute atomic E-state index is 13.5. The molecule has 0 amide bonds. The molecule has 0 spiro atoms. The van der Waals surface area contributed by atoms with E-state index in [9.17, 15) is 14.3 Å². The van der Waals surface area contributed by atoms with Crippen LogP contribution in [0.1, 0.15) is 27.5 Å². The largest absolute Gasteiger partial charge is 0.492 e. The van der Waals surface area contributed by atoms with Crippen molar-refractivity contribution in [2.45, 2.75) is 6.04 Å². The lowest BCUT2D eigenvalue weighted by Crippen LogP contribution is -2.33. The van der Waals surface area contributed by atoms with E-state index >= 15 is 0 Å². The zero-order valence-corrected chi connectivity index (χ0v) is 15.8. The fourth-order valence-electron chi connectivity index (χ4n) is 4.04. The van der Waals surface area contributed by atoms with Crippen LogP contribution in [0.5, 0.6) is 5.75 Å². The van der Waals surface area contributed by atoms with Gasteiger partial charge in [0.25, 0.3) is 0 Å². The highest BCUT2D eigenvalue weighted by molar-refractivity contribution is 6.08. The maximum Gasteiger partial charge on any atom is 0.335 e. The monoisotopic (exact) mass is 403 g/mol. The molecule has 150 valence electrons. The Labute approximate surface area is 172 Å². The van der Waals surface area contributed by atoms with Crippen LogP contribution in [-0.2, 0) is 0 Å². The van der Waals surface area contributed by atoms with Crippen LogP contribution >= 0.6 is 0 Å². The van der Waals surface area contributed by atoms with Crippen molar-refractivity contribution >= 4 is 23.1 Å². The molecule has 30 heavy (non-hydrogen) atoms. The number of carboxylic acid groups (broad SMARTS) is 1. The Morgan fingerprint density at radius 3 is 2.53 bits per heavy atom. The van der Waals surface area contributed by atoms with Gasteiger partial charge in [0.1, 0.15) is 11.6 Å². The molecule has 0 radical (unpaired) electrons. The summed E-state index contributed by atoms with van der Waals surface area (Å²) in [6.07, 6.45) is 0. The summed E-state index contributed by atoms with van der Waals surface area (Å²) < 4.78 is 19.5. The van der Waals surface area contributed by atoms with Gasteiger partial charge in [0, 0.05) is 11.3 Å². The minimum Gasteiger partial charge on any atom is -0.492 e. The number of benzene rings is 3. The average molecular weight is 403 g/mol. The molecular formula is C23H18FN3O3. The van der Waals surface area contributed by atoms with Crippen molar-refractivity contribution < 1.29 is 19.0 Å². The number of carboxylic acids is 1. The van der Waals surface area contributed by atoms with E-state index in [2.05, 4.69) is 0 Å².